The average molecular weight is 310 g/mol. The van der Waals surface area contributed by atoms with Gasteiger partial charge in [-0.3, -0.25) is 9.78 Å². The summed E-state index contributed by atoms with van der Waals surface area (Å²) in [5.41, 5.74) is 2.40. The Labute approximate surface area is 137 Å². The number of carbonyl (C=O) groups excluding carboxylic acids is 1. The Bertz CT molecular complexity index is 616. The first kappa shape index (κ1) is 15.7. The zero-order chi connectivity index (χ0) is 15.9. The van der Waals surface area contributed by atoms with E-state index in [1.807, 2.05) is 35.2 Å². The number of rotatable bonds is 5. The molecule has 1 aromatic heterocycles. The molecule has 1 saturated heterocycles. The molecule has 1 aromatic carbocycles. The number of morpholine rings is 1. The van der Waals surface area contributed by atoms with Gasteiger partial charge in [0.1, 0.15) is 0 Å². The third-order valence-corrected chi connectivity index (χ3v) is 4.24. The Balaban J connectivity index is 1.60. The maximum Gasteiger partial charge on any atom is 0.223 e. The average Bonchev–Trinajstić information content (AvgIpc) is 2.62. The van der Waals surface area contributed by atoms with Crippen molar-refractivity contribution in [1.29, 1.82) is 0 Å². The third kappa shape index (κ3) is 4.39. The number of amides is 1. The molecule has 1 amide bonds. The van der Waals surface area contributed by atoms with Crippen LogP contribution in [-0.2, 0) is 22.4 Å². The standard InChI is InChI=1S/C19H22N2O2/c22-19(7-6-16-8-10-20-11-9-16)21-12-13-23-15-18(21)14-17-4-2-1-3-5-17/h1-5,8-11,18H,6-7,12-15H2/t18-/m0/s1. The Morgan fingerprint density at radius 2 is 1.91 bits per heavy atom. The van der Waals surface area contributed by atoms with Crippen LogP contribution in [0.5, 0.6) is 0 Å². The van der Waals surface area contributed by atoms with Gasteiger partial charge in [0, 0.05) is 25.4 Å². The predicted octanol–water partition coefficient (Wildman–Crippen LogP) is 2.48. The lowest BCUT2D eigenvalue weighted by molar-refractivity contribution is -0.139. The fraction of sp³-hybridized carbons (Fsp3) is 0.368. The number of aromatic nitrogens is 1. The highest BCUT2D eigenvalue weighted by atomic mass is 16.5. The molecule has 0 radical (unpaired) electrons. The van der Waals surface area contributed by atoms with E-state index in [-0.39, 0.29) is 11.9 Å². The lowest BCUT2D eigenvalue weighted by Gasteiger charge is -2.36. The summed E-state index contributed by atoms with van der Waals surface area (Å²) in [6.45, 7) is 1.94. The van der Waals surface area contributed by atoms with E-state index in [4.69, 9.17) is 4.74 Å². The van der Waals surface area contributed by atoms with Gasteiger partial charge in [-0.25, -0.2) is 0 Å². The molecule has 2 heterocycles. The van der Waals surface area contributed by atoms with Gasteiger partial charge >= 0.3 is 0 Å². The molecular formula is C19H22N2O2. The number of aryl methyl sites for hydroxylation is 1. The quantitative estimate of drug-likeness (QED) is 0.852. The Morgan fingerprint density at radius 3 is 2.70 bits per heavy atom. The predicted molar refractivity (Wildman–Crippen MR) is 89.0 cm³/mol. The van der Waals surface area contributed by atoms with Gasteiger partial charge in [0.05, 0.1) is 19.3 Å². The van der Waals surface area contributed by atoms with E-state index in [1.165, 1.54) is 5.56 Å². The molecule has 1 atom stereocenters. The molecule has 1 aliphatic heterocycles. The monoisotopic (exact) mass is 310 g/mol. The molecule has 2 aromatic rings. The summed E-state index contributed by atoms with van der Waals surface area (Å²) in [4.78, 5) is 18.6. The molecule has 23 heavy (non-hydrogen) atoms. The summed E-state index contributed by atoms with van der Waals surface area (Å²) in [5, 5.41) is 0. The van der Waals surface area contributed by atoms with Crippen molar-refractivity contribution >= 4 is 5.91 Å². The Hall–Kier alpha value is -2.20. The van der Waals surface area contributed by atoms with E-state index in [9.17, 15) is 4.79 Å². The van der Waals surface area contributed by atoms with E-state index in [1.54, 1.807) is 12.4 Å². The van der Waals surface area contributed by atoms with Crippen LogP contribution in [0.3, 0.4) is 0 Å². The van der Waals surface area contributed by atoms with Crippen molar-refractivity contribution in [2.45, 2.75) is 25.3 Å². The first-order valence-corrected chi connectivity index (χ1v) is 8.13. The molecule has 120 valence electrons. The molecule has 0 unspecified atom stereocenters. The number of benzene rings is 1. The minimum absolute atomic E-state index is 0.135. The minimum Gasteiger partial charge on any atom is -0.377 e. The van der Waals surface area contributed by atoms with E-state index >= 15 is 0 Å². The highest BCUT2D eigenvalue weighted by Crippen LogP contribution is 2.15. The zero-order valence-corrected chi connectivity index (χ0v) is 13.2. The van der Waals surface area contributed by atoms with Crippen molar-refractivity contribution in [3.8, 4) is 0 Å². The second-order valence-electron chi connectivity index (χ2n) is 5.86. The summed E-state index contributed by atoms with van der Waals surface area (Å²) in [7, 11) is 0. The van der Waals surface area contributed by atoms with E-state index in [0.717, 1.165) is 18.4 Å². The highest BCUT2D eigenvalue weighted by Gasteiger charge is 2.27. The van der Waals surface area contributed by atoms with Crippen LogP contribution in [0.4, 0.5) is 0 Å². The summed E-state index contributed by atoms with van der Waals surface area (Å²) in [6, 6.07) is 14.4. The molecule has 0 bridgehead atoms. The molecule has 0 N–H and O–H groups in total. The number of nitrogens with zero attached hydrogens (tertiary/aromatic N) is 2. The number of carbonyl (C=O) groups is 1. The minimum atomic E-state index is 0.135. The van der Waals surface area contributed by atoms with Crippen molar-refractivity contribution in [3.05, 3.63) is 66.0 Å². The van der Waals surface area contributed by atoms with Gasteiger partial charge in [-0.1, -0.05) is 30.3 Å². The van der Waals surface area contributed by atoms with Crippen molar-refractivity contribution in [3.63, 3.8) is 0 Å². The molecule has 4 nitrogen and oxygen atoms in total. The summed E-state index contributed by atoms with van der Waals surface area (Å²) >= 11 is 0. The van der Waals surface area contributed by atoms with Gasteiger partial charge in [0.15, 0.2) is 0 Å². The van der Waals surface area contributed by atoms with Crippen LogP contribution in [0.15, 0.2) is 54.9 Å². The van der Waals surface area contributed by atoms with Crippen LogP contribution in [-0.4, -0.2) is 41.6 Å². The first-order chi connectivity index (χ1) is 11.3. The van der Waals surface area contributed by atoms with Crippen LogP contribution < -0.4 is 0 Å². The maximum absolute atomic E-state index is 12.6. The molecule has 0 saturated carbocycles. The molecule has 1 fully saturated rings. The second kappa shape index (κ2) is 7.88. The number of ether oxygens (including phenoxy) is 1. The van der Waals surface area contributed by atoms with Crippen LogP contribution in [0.2, 0.25) is 0 Å². The Kier molecular flexibility index (Phi) is 5.37. The van der Waals surface area contributed by atoms with Gasteiger partial charge < -0.3 is 9.64 Å². The molecule has 0 spiro atoms. The topological polar surface area (TPSA) is 42.4 Å². The van der Waals surface area contributed by atoms with Gasteiger partial charge in [0.2, 0.25) is 5.91 Å². The highest BCUT2D eigenvalue weighted by molar-refractivity contribution is 5.77. The molecule has 0 aliphatic carbocycles. The van der Waals surface area contributed by atoms with Gasteiger partial charge in [0.25, 0.3) is 0 Å². The number of hydrogen-bond acceptors (Lipinski definition) is 3. The second-order valence-corrected chi connectivity index (χ2v) is 5.86. The van der Waals surface area contributed by atoms with E-state index in [2.05, 4.69) is 17.1 Å². The van der Waals surface area contributed by atoms with Crippen molar-refractivity contribution in [2.24, 2.45) is 0 Å². The van der Waals surface area contributed by atoms with Crippen LogP contribution >= 0.6 is 0 Å². The number of pyridine rings is 1. The summed E-state index contributed by atoms with van der Waals surface area (Å²) in [5.74, 6) is 0.214. The fourth-order valence-electron chi connectivity index (χ4n) is 2.98. The molecule has 4 heteroatoms. The molecule has 1 aliphatic rings. The van der Waals surface area contributed by atoms with Crippen LogP contribution in [0.1, 0.15) is 17.5 Å². The maximum atomic E-state index is 12.6. The first-order valence-electron chi connectivity index (χ1n) is 8.13. The van der Waals surface area contributed by atoms with Gasteiger partial charge in [-0.15, -0.1) is 0 Å². The lowest BCUT2D eigenvalue weighted by Crippen LogP contribution is -2.49. The zero-order valence-electron chi connectivity index (χ0n) is 13.2. The Morgan fingerprint density at radius 1 is 1.13 bits per heavy atom. The van der Waals surface area contributed by atoms with Gasteiger partial charge in [-0.05, 0) is 36.1 Å². The smallest absolute Gasteiger partial charge is 0.223 e. The van der Waals surface area contributed by atoms with E-state index in [0.29, 0.717) is 26.2 Å². The van der Waals surface area contributed by atoms with Crippen molar-refractivity contribution < 1.29 is 9.53 Å². The van der Waals surface area contributed by atoms with Crippen molar-refractivity contribution in [1.82, 2.24) is 9.88 Å². The van der Waals surface area contributed by atoms with Crippen LogP contribution in [0.25, 0.3) is 0 Å². The fourth-order valence-corrected chi connectivity index (χ4v) is 2.98. The SMILES string of the molecule is O=C(CCc1ccncc1)N1CCOC[C@@H]1Cc1ccccc1. The number of hydrogen-bond donors (Lipinski definition) is 0. The largest absolute Gasteiger partial charge is 0.377 e. The molecule has 3 rings (SSSR count). The summed E-state index contributed by atoms with van der Waals surface area (Å²) < 4.78 is 5.60. The van der Waals surface area contributed by atoms with Gasteiger partial charge in [-0.2, -0.15) is 0 Å². The normalized spacial score (nSPS) is 17.9. The van der Waals surface area contributed by atoms with E-state index < -0.39 is 0 Å². The lowest BCUT2D eigenvalue weighted by atomic mass is 10.0. The summed E-state index contributed by atoms with van der Waals surface area (Å²) in [6.07, 6.45) is 5.69. The molecular weight excluding hydrogens is 288 g/mol. The van der Waals surface area contributed by atoms with Crippen molar-refractivity contribution in [2.75, 3.05) is 19.8 Å². The third-order valence-electron chi connectivity index (χ3n) is 4.24. The van der Waals surface area contributed by atoms with Crippen LogP contribution in [0, 0.1) is 0 Å².